The average Bonchev–Trinajstić information content (AvgIpc) is 3.15. The van der Waals surface area contributed by atoms with Gasteiger partial charge in [-0.05, 0) is 49.7 Å². The number of hydrogen-bond acceptors (Lipinski definition) is 1. The van der Waals surface area contributed by atoms with Crippen LogP contribution in [-0.2, 0) is 6.54 Å². The van der Waals surface area contributed by atoms with Crippen molar-refractivity contribution in [1.82, 2.24) is 5.32 Å². The van der Waals surface area contributed by atoms with Crippen LogP contribution in [0.1, 0.15) is 31.2 Å². The highest BCUT2D eigenvalue weighted by Gasteiger charge is 2.41. The number of hydrogen-bond donors (Lipinski definition) is 1. The minimum absolute atomic E-state index is 0.199. The average molecular weight is 254 g/mol. The molecule has 0 aliphatic heterocycles. The van der Waals surface area contributed by atoms with Gasteiger partial charge in [-0.15, -0.1) is 0 Å². The third kappa shape index (κ3) is 2.63. The molecule has 0 spiro atoms. The Morgan fingerprint density at radius 2 is 1.88 bits per heavy atom. The Kier molecular flexibility index (Phi) is 3.10. The summed E-state index contributed by atoms with van der Waals surface area (Å²) in [5, 5.41) is 4.05. The van der Waals surface area contributed by atoms with Gasteiger partial charge in [-0.1, -0.05) is 17.7 Å². The summed E-state index contributed by atoms with van der Waals surface area (Å²) < 4.78 is 13.6. The Hall–Kier alpha value is -0.600. The lowest BCUT2D eigenvalue weighted by Crippen LogP contribution is -2.32. The smallest absolute Gasteiger partial charge is 0.129 e. The van der Waals surface area contributed by atoms with Gasteiger partial charge in [-0.2, -0.15) is 0 Å². The van der Waals surface area contributed by atoms with E-state index in [0.29, 0.717) is 23.2 Å². The third-order valence-electron chi connectivity index (χ3n) is 3.84. The summed E-state index contributed by atoms with van der Waals surface area (Å²) >= 11 is 6.02. The fraction of sp³-hybridized carbons (Fsp3) is 0.571. The molecule has 3 heteroatoms. The minimum atomic E-state index is -0.199. The van der Waals surface area contributed by atoms with Crippen LogP contribution in [0.4, 0.5) is 4.39 Å². The second-order valence-corrected chi connectivity index (χ2v) is 5.69. The molecule has 92 valence electrons. The highest BCUT2D eigenvalue weighted by Crippen LogP contribution is 2.44. The molecule has 2 saturated carbocycles. The molecule has 3 rings (SSSR count). The van der Waals surface area contributed by atoms with Gasteiger partial charge in [0.15, 0.2) is 0 Å². The molecule has 0 atom stereocenters. The number of nitrogens with one attached hydrogen (secondary N) is 1. The van der Waals surface area contributed by atoms with Gasteiger partial charge in [0.05, 0.1) is 0 Å². The maximum Gasteiger partial charge on any atom is 0.129 e. The SMILES string of the molecule is Fc1cccc(Cl)c1CNC(C1CC1)C1CC1. The first-order valence-electron chi connectivity index (χ1n) is 6.42. The van der Waals surface area contributed by atoms with E-state index in [9.17, 15) is 4.39 Å². The summed E-state index contributed by atoms with van der Waals surface area (Å²) in [6.07, 6.45) is 5.33. The summed E-state index contributed by atoms with van der Waals surface area (Å²) in [4.78, 5) is 0. The topological polar surface area (TPSA) is 12.0 Å². The summed E-state index contributed by atoms with van der Waals surface area (Å²) in [7, 11) is 0. The molecule has 0 unspecified atom stereocenters. The van der Waals surface area contributed by atoms with Crippen molar-refractivity contribution < 1.29 is 4.39 Å². The van der Waals surface area contributed by atoms with Crippen LogP contribution in [0, 0.1) is 17.7 Å². The molecule has 2 aliphatic rings. The van der Waals surface area contributed by atoms with Gasteiger partial charge >= 0.3 is 0 Å². The van der Waals surface area contributed by atoms with E-state index in [0.717, 1.165) is 11.8 Å². The van der Waals surface area contributed by atoms with E-state index in [2.05, 4.69) is 5.32 Å². The van der Waals surface area contributed by atoms with Gasteiger partial charge < -0.3 is 5.32 Å². The second-order valence-electron chi connectivity index (χ2n) is 5.28. The first kappa shape index (κ1) is 11.5. The van der Waals surface area contributed by atoms with E-state index in [1.54, 1.807) is 12.1 Å². The van der Waals surface area contributed by atoms with Gasteiger partial charge in [0, 0.05) is 23.2 Å². The van der Waals surface area contributed by atoms with Crippen LogP contribution in [0.3, 0.4) is 0 Å². The van der Waals surface area contributed by atoms with E-state index in [1.165, 1.54) is 31.7 Å². The lowest BCUT2D eigenvalue weighted by Gasteiger charge is -2.18. The van der Waals surface area contributed by atoms with E-state index >= 15 is 0 Å². The zero-order valence-electron chi connectivity index (χ0n) is 9.76. The molecule has 0 radical (unpaired) electrons. The van der Waals surface area contributed by atoms with Crippen LogP contribution in [0.15, 0.2) is 18.2 Å². The minimum Gasteiger partial charge on any atom is -0.309 e. The molecular formula is C14H17ClFN. The van der Waals surface area contributed by atoms with Crippen LogP contribution in [-0.4, -0.2) is 6.04 Å². The largest absolute Gasteiger partial charge is 0.309 e. The predicted octanol–water partition coefficient (Wildman–Crippen LogP) is 3.76. The van der Waals surface area contributed by atoms with E-state index < -0.39 is 0 Å². The van der Waals surface area contributed by atoms with E-state index in [4.69, 9.17) is 11.6 Å². The van der Waals surface area contributed by atoms with Crippen molar-refractivity contribution in [3.8, 4) is 0 Å². The highest BCUT2D eigenvalue weighted by atomic mass is 35.5. The van der Waals surface area contributed by atoms with Crippen molar-refractivity contribution in [1.29, 1.82) is 0 Å². The molecule has 1 nitrogen and oxygen atoms in total. The van der Waals surface area contributed by atoms with Crippen LogP contribution < -0.4 is 5.32 Å². The standard InChI is InChI=1S/C14H17ClFN/c15-12-2-1-3-13(16)11(12)8-17-14(9-4-5-9)10-6-7-10/h1-3,9-10,14,17H,4-8H2. The van der Waals surface area contributed by atoms with Crippen molar-refractivity contribution in [2.45, 2.75) is 38.3 Å². The van der Waals surface area contributed by atoms with Gasteiger partial charge in [-0.3, -0.25) is 0 Å². The van der Waals surface area contributed by atoms with E-state index in [-0.39, 0.29) is 5.82 Å². The predicted molar refractivity (Wildman–Crippen MR) is 67.5 cm³/mol. The number of benzene rings is 1. The van der Waals surface area contributed by atoms with Crippen molar-refractivity contribution >= 4 is 11.6 Å². The van der Waals surface area contributed by atoms with Crippen LogP contribution >= 0.6 is 11.6 Å². The van der Waals surface area contributed by atoms with Crippen molar-refractivity contribution in [3.63, 3.8) is 0 Å². The molecule has 0 heterocycles. The maximum atomic E-state index is 13.6. The Morgan fingerprint density at radius 1 is 1.24 bits per heavy atom. The van der Waals surface area contributed by atoms with Gasteiger partial charge in [0.1, 0.15) is 5.82 Å². The molecule has 0 amide bonds. The summed E-state index contributed by atoms with van der Waals surface area (Å²) in [5.74, 6) is 1.46. The fourth-order valence-electron chi connectivity index (χ4n) is 2.55. The molecule has 17 heavy (non-hydrogen) atoms. The Labute approximate surface area is 106 Å². The third-order valence-corrected chi connectivity index (χ3v) is 4.19. The molecule has 0 bridgehead atoms. The van der Waals surface area contributed by atoms with Crippen LogP contribution in [0.25, 0.3) is 0 Å². The second kappa shape index (κ2) is 4.58. The Bertz CT molecular complexity index is 380. The first-order chi connectivity index (χ1) is 8.25. The van der Waals surface area contributed by atoms with E-state index in [1.807, 2.05) is 0 Å². The number of rotatable bonds is 5. The summed E-state index contributed by atoms with van der Waals surface area (Å²) in [6, 6.07) is 5.47. The molecule has 0 aromatic heterocycles. The Balaban J connectivity index is 1.66. The molecule has 1 aromatic rings. The molecule has 0 saturated heterocycles. The summed E-state index contributed by atoms with van der Waals surface area (Å²) in [5.41, 5.74) is 0.612. The first-order valence-corrected chi connectivity index (χ1v) is 6.80. The molecule has 2 aliphatic carbocycles. The Morgan fingerprint density at radius 3 is 2.41 bits per heavy atom. The zero-order chi connectivity index (χ0) is 11.8. The van der Waals surface area contributed by atoms with Gasteiger partial charge in [-0.25, -0.2) is 4.39 Å². The van der Waals surface area contributed by atoms with Gasteiger partial charge in [0.25, 0.3) is 0 Å². The van der Waals surface area contributed by atoms with Gasteiger partial charge in [0.2, 0.25) is 0 Å². The number of halogens is 2. The molecule has 1 aromatic carbocycles. The monoisotopic (exact) mass is 253 g/mol. The van der Waals surface area contributed by atoms with Crippen molar-refractivity contribution in [2.75, 3.05) is 0 Å². The fourth-order valence-corrected chi connectivity index (χ4v) is 2.78. The maximum absolute atomic E-state index is 13.6. The van der Waals surface area contributed by atoms with Crippen LogP contribution in [0.2, 0.25) is 5.02 Å². The molecule has 1 N–H and O–H groups in total. The highest BCUT2D eigenvalue weighted by molar-refractivity contribution is 6.31. The lowest BCUT2D eigenvalue weighted by molar-refractivity contribution is 0.411. The summed E-state index contributed by atoms with van der Waals surface area (Å²) in [6.45, 7) is 0.559. The van der Waals surface area contributed by atoms with Crippen molar-refractivity contribution in [2.24, 2.45) is 11.8 Å². The van der Waals surface area contributed by atoms with Crippen molar-refractivity contribution in [3.05, 3.63) is 34.6 Å². The zero-order valence-corrected chi connectivity index (χ0v) is 10.5. The van der Waals surface area contributed by atoms with Crippen LogP contribution in [0.5, 0.6) is 0 Å². The lowest BCUT2D eigenvalue weighted by atomic mass is 10.1. The quantitative estimate of drug-likeness (QED) is 0.843. The molecular weight excluding hydrogens is 237 g/mol. The normalized spacial score (nSPS) is 19.9. The molecule has 2 fully saturated rings.